The summed E-state index contributed by atoms with van der Waals surface area (Å²) in [6.45, 7) is 3.09. The van der Waals surface area contributed by atoms with Crippen LogP contribution in [0.3, 0.4) is 0 Å². The highest BCUT2D eigenvalue weighted by Gasteiger charge is 2.22. The van der Waals surface area contributed by atoms with E-state index in [1.54, 1.807) is 0 Å². The van der Waals surface area contributed by atoms with Crippen molar-refractivity contribution < 1.29 is 19.1 Å². The molecule has 0 amide bonds. The van der Waals surface area contributed by atoms with Crippen LogP contribution in [0, 0.1) is 5.92 Å². The molecule has 5 heteroatoms. The first-order chi connectivity index (χ1) is 6.61. The average Bonchev–Trinajstić information content (AvgIpc) is 2.70. The number of carbonyl (C=O) groups is 2. The number of hydrogen-bond acceptors (Lipinski definition) is 5. The van der Waals surface area contributed by atoms with Crippen LogP contribution in [0.25, 0.3) is 0 Å². The first-order valence-corrected chi connectivity index (χ1v) is 4.45. The summed E-state index contributed by atoms with van der Waals surface area (Å²) in [6, 6.07) is 0. The first kappa shape index (κ1) is 12.9. The molecule has 1 aliphatic heterocycles. The second-order valence-electron chi connectivity index (χ2n) is 2.91. The fraction of sp³-hybridized carbons (Fsp3) is 0.778. The van der Waals surface area contributed by atoms with Crippen LogP contribution in [-0.2, 0) is 19.1 Å². The lowest BCUT2D eigenvalue weighted by Crippen LogP contribution is -2.18. The highest BCUT2D eigenvalue weighted by Crippen LogP contribution is 2.07. The van der Waals surface area contributed by atoms with Crippen LogP contribution in [0.5, 0.6) is 0 Å². The smallest absolute Gasteiger partial charge is 0.309 e. The van der Waals surface area contributed by atoms with E-state index in [1.807, 2.05) is 0 Å². The summed E-state index contributed by atoms with van der Waals surface area (Å²) < 4.78 is 8.67. The van der Waals surface area contributed by atoms with E-state index >= 15 is 0 Å². The number of nitrogens with one attached hydrogen (secondary N) is 1. The molecule has 0 aromatic carbocycles. The van der Waals surface area contributed by atoms with Crippen molar-refractivity contribution in [2.75, 3.05) is 27.3 Å². The van der Waals surface area contributed by atoms with Crippen molar-refractivity contribution in [1.29, 1.82) is 0 Å². The Labute approximate surface area is 83.8 Å². The number of carbonyl (C=O) groups excluding carboxylic acids is 2. The van der Waals surface area contributed by atoms with E-state index in [1.165, 1.54) is 21.1 Å². The monoisotopic (exact) mass is 203 g/mol. The lowest BCUT2D eigenvalue weighted by atomic mass is 10.1. The third kappa shape index (κ3) is 5.53. The molecule has 1 unspecified atom stereocenters. The van der Waals surface area contributed by atoms with Crippen molar-refractivity contribution in [3.8, 4) is 0 Å². The van der Waals surface area contributed by atoms with E-state index in [-0.39, 0.29) is 17.9 Å². The van der Waals surface area contributed by atoms with Gasteiger partial charge < -0.3 is 14.8 Å². The van der Waals surface area contributed by atoms with Crippen molar-refractivity contribution in [3.05, 3.63) is 0 Å². The van der Waals surface area contributed by atoms with Gasteiger partial charge in [-0.25, -0.2) is 0 Å². The Bertz CT molecular complexity index is 187. The maximum atomic E-state index is 10.8. The largest absolute Gasteiger partial charge is 0.469 e. The molecular formula is C9H17NO4. The van der Waals surface area contributed by atoms with Gasteiger partial charge in [0.2, 0.25) is 0 Å². The van der Waals surface area contributed by atoms with Crippen molar-refractivity contribution in [1.82, 2.24) is 5.32 Å². The van der Waals surface area contributed by atoms with Crippen LogP contribution < -0.4 is 5.32 Å². The van der Waals surface area contributed by atoms with E-state index in [4.69, 9.17) is 0 Å². The standard InChI is InChI=1S/C6H11NO2.C3H6O2/c1-9-6(8)5-2-3-7-4-5;1-3(4)5-2/h5,7H,2-4H2,1H3;1-2H3. The van der Waals surface area contributed by atoms with E-state index in [0.717, 1.165) is 19.5 Å². The molecular weight excluding hydrogens is 186 g/mol. The summed E-state index contributed by atoms with van der Waals surface area (Å²) in [5.74, 6) is -0.222. The Morgan fingerprint density at radius 3 is 2.14 bits per heavy atom. The summed E-state index contributed by atoms with van der Waals surface area (Å²) in [4.78, 5) is 20.3. The predicted molar refractivity (Wildman–Crippen MR) is 50.7 cm³/mol. The molecule has 14 heavy (non-hydrogen) atoms. The molecule has 1 fully saturated rings. The molecule has 1 aliphatic rings. The minimum Gasteiger partial charge on any atom is -0.469 e. The number of esters is 2. The second-order valence-corrected chi connectivity index (χ2v) is 2.91. The van der Waals surface area contributed by atoms with Crippen LogP contribution in [0.1, 0.15) is 13.3 Å². The highest BCUT2D eigenvalue weighted by atomic mass is 16.5. The molecule has 0 saturated carbocycles. The molecule has 1 saturated heterocycles. The summed E-state index contributed by atoms with van der Waals surface area (Å²) >= 11 is 0. The van der Waals surface area contributed by atoms with Gasteiger partial charge in [0, 0.05) is 13.5 Å². The van der Waals surface area contributed by atoms with Crippen molar-refractivity contribution in [3.63, 3.8) is 0 Å². The Morgan fingerprint density at radius 1 is 1.29 bits per heavy atom. The van der Waals surface area contributed by atoms with Gasteiger partial charge in [-0.2, -0.15) is 0 Å². The molecule has 82 valence electrons. The van der Waals surface area contributed by atoms with Crippen LogP contribution in [0.2, 0.25) is 0 Å². The van der Waals surface area contributed by atoms with Crippen LogP contribution in [0.4, 0.5) is 0 Å². The zero-order chi connectivity index (χ0) is 11.0. The van der Waals surface area contributed by atoms with Crippen molar-refractivity contribution in [2.45, 2.75) is 13.3 Å². The van der Waals surface area contributed by atoms with Gasteiger partial charge in [0.05, 0.1) is 20.1 Å². The van der Waals surface area contributed by atoms with E-state index in [2.05, 4.69) is 14.8 Å². The maximum Gasteiger partial charge on any atom is 0.309 e. The van der Waals surface area contributed by atoms with Gasteiger partial charge in [-0.05, 0) is 13.0 Å². The molecule has 0 radical (unpaired) electrons. The van der Waals surface area contributed by atoms with Gasteiger partial charge in [0.25, 0.3) is 0 Å². The van der Waals surface area contributed by atoms with E-state index in [9.17, 15) is 9.59 Å². The zero-order valence-electron chi connectivity index (χ0n) is 8.83. The molecule has 1 rings (SSSR count). The molecule has 1 N–H and O–H groups in total. The Morgan fingerprint density at radius 2 is 1.86 bits per heavy atom. The van der Waals surface area contributed by atoms with Gasteiger partial charge in [0.1, 0.15) is 0 Å². The normalized spacial score (nSPS) is 19.2. The summed E-state index contributed by atoms with van der Waals surface area (Å²) in [7, 11) is 2.78. The van der Waals surface area contributed by atoms with E-state index in [0.29, 0.717) is 0 Å². The summed E-state index contributed by atoms with van der Waals surface area (Å²) in [6.07, 6.45) is 0.923. The summed E-state index contributed by atoms with van der Waals surface area (Å²) in [5, 5.41) is 3.09. The quantitative estimate of drug-likeness (QED) is 0.605. The van der Waals surface area contributed by atoms with Gasteiger partial charge >= 0.3 is 11.9 Å². The third-order valence-corrected chi connectivity index (χ3v) is 1.88. The average molecular weight is 203 g/mol. The molecule has 1 heterocycles. The zero-order valence-corrected chi connectivity index (χ0v) is 8.83. The number of ether oxygens (including phenoxy) is 2. The second kappa shape index (κ2) is 7.32. The number of hydrogen-bond donors (Lipinski definition) is 1. The Hall–Kier alpha value is -1.10. The van der Waals surface area contributed by atoms with Crippen LogP contribution >= 0.6 is 0 Å². The molecule has 5 nitrogen and oxygen atoms in total. The minimum absolute atomic E-state index is 0.0833. The maximum absolute atomic E-state index is 10.8. The fourth-order valence-electron chi connectivity index (χ4n) is 1.02. The SMILES string of the molecule is COC(=O)C1CCNC1.COC(C)=O. The molecule has 0 aromatic rings. The van der Waals surface area contributed by atoms with Gasteiger partial charge in [0.15, 0.2) is 0 Å². The molecule has 0 spiro atoms. The van der Waals surface area contributed by atoms with Gasteiger partial charge in [-0.1, -0.05) is 0 Å². The Balaban J connectivity index is 0.000000292. The molecule has 0 bridgehead atoms. The summed E-state index contributed by atoms with van der Waals surface area (Å²) in [5.41, 5.74) is 0. The van der Waals surface area contributed by atoms with Gasteiger partial charge in [-0.15, -0.1) is 0 Å². The highest BCUT2D eigenvalue weighted by molar-refractivity contribution is 5.72. The predicted octanol–water partition coefficient (Wildman–Crippen LogP) is -0.0518. The van der Waals surface area contributed by atoms with Crippen molar-refractivity contribution >= 4 is 11.9 Å². The molecule has 0 aliphatic carbocycles. The van der Waals surface area contributed by atoms with Gasteiger partial charge in [-0.3, -0.25) is 9.59 Å². The van der Waals surface area contributed by atoms with Crippen LogP contribution in [0.15, 0.2) is 0 Å². The lowest BCUT2D eigenvalue weighted by molar-refractivity contribution is -0.144. The van der Waals surface area contributed by atoms with Crippen LogP contribution in [-0.4, -0.2) is 39.2 Å². The number of methoxy groups -OCH3 is 2. The minimum atomic E-state index is -0.245. The molecule has 1 atom stereocenters. The van der Waals surface area contributed by atoms with E-state index < -0.39 is 0 Å². The topological polar surface area (TPSA) is 64.6 Å². The molecule has 0 aromatic heterocycles. The first-order valence-electron chi connectivity index (χ1n) is 4.45. The number of rotatable bonds is 1. The Kier molecular flexibility index (Phi) is 6.74. The lowest BCUT2D eigenvalue weighted by Gasteiger charge is -2.02. The third-order valence-electron chi connectivity index (χ3n) is 1.88. The van der Waals surface area contributed by atoms with Crippen molar-refractivity contribution in [2.24, 2.45) is 5.92 Å². The fourth-order valence-corrected chi connectivity index (χ4v) is 1.02.